The molecule has 2 aromatic heterocycles. The largest absolute Gasteiger partial charge is 0.493 e. The summed E-state index contributed by atoms with van der Waals surface area (Å²) in [6, 6.07) is 15.1. The van der Waals surface area contributed by atoms with Crippen LogP contribution in [0.3, 0.4) is 0 Å². The van der Waals surface area contributed by atoms with Gasteiger partial charge in [0.05, 0.1) is 31.4 Å². The molecule has 11 heteroatoms. The molecule has 5 aromatic rings. The average molecular weight is 604 g/mol. The maximum absolute atomic E-state index is 15.6. The number of thiophene rings is 1. The molecule has 3 aromatic carbocycles. The number of carbonyl (C=O) groups is 1. The Hall–Kier alpha value is -4.29. The summed E-state index contributed by atoms with van der Waals surface area (Å²) in [5, 5.41) is 18.5. The summed E-state index contributed by atoms with van der Waals surface area (Å²) >= 11 is 1.44. The van der Waals surface area contributed by atoms with Crippen molar-refractivity contribution in [1.82, 2.24) is 9.88 Å². The maximum Gasteiger partial charge on any atom is 0.256 e. The Morgan fingerprint density at radius 3 is 2.72 bits per heavy atom. The molecular formula is C32H30FN3O6S. The Kier molecular flexibility index (Phi) is 8.66. The number of aliphatic hydroxyl groups excluding tert-OH is 1. The molecule has 0 spiro atoms. The Labute approximate surface area is 251 Å². The van der Waals surface area contributed by atoms with Crippen LogP contribution in [0.1, 0.15) is 10.4 Å². The second-order valence-electron chi connectivity index (χ2n) is 10.1. The number of hydrogen-bond donors (Lipinski definition) is 2. The van der Waals surface area contributed by atoms with Crippen LogP contribution in [0.2, 0.25) is 0 Å². The van der Waals surface area contributed by atoms with Gasteiger partial charge in [-0.3, -0.25) is 14.7 Å². The van der Waals surface area contributed by atoms with Crippen LogP contribution < -0.4 is 19.5 Å². The van der Waals surface area contributed by atoms with Gasteiger partial charge in [0.2, 0.25) is 0 Å². The monoisotopic (exact) mass is 603 g/mol. The number of β-amino-alcohol motifs (C(OH)–C–C–N with tert-alkyl or cyclic N) is 1. The molecule has 3 heterocycles. The SMILES string of the molecule is COc1cc2c(Oc3ccc4cc(NC(=O)c5ccsc5)ccc4c3F)ccnc2cc1OC[C@H](O)CN1CCOCC1. The average Bonchev–Trinajstić information content (AvgIpc) is 3.57. The van der Waals surface area contributed by atoms with Crippen molar-refractivity contribution in [3.05, 3.63) is 82.9 Å². The van der Waals surface area contributed by atoms with E-state index in [4.69, 9.17) is 18.9 Å². The lowest BCUT2D eigenvalue weighted by atomic mass is 10.1. The lowest BCUT2D eigenvalue weighted by molar-refractivity contribution is 0.00446. The lowest BCUT2D eigenvalue weighted by Gasteiger charge is -2.28. The molecule has 1 saturated heterocycles. The molecule has 9 nitrogen and oxygen atoms in total. The van der Waals surface area contributed by atoms with Gasteiger partial charge in [-0.2, -0.15) is 11.3 Å². The second kappa shape index (κ2) is 12.9. The quantitative estimate of drug-likeness (QED) is 0.209. The highest BCUT2D eigenvalue weighted by atomic mass is 32.1. The van der Waals surface area contributed by atoms with E-state index in [1.165, 1.54) is 18.4 Å². The number of anilines is 1. The van der Waals surface area contributed by atoms with Crippen molar-refractivity contribution in [2.75, 3.05) is 51.9 Å². The summed E-state index contributed by atoms with van der Waals surface area (Å²) < 4.78 is 38.5. The first-order valence-electron chi connectivity index (χ1n) is 13.8. The molecule has 1 aliphatic rings. The molecule has 1 amide bonds. The van der Waals surface area contributed by atoms with Crippen LogP contribution >= 0.6 is 11.3 Å². The van der Waals surface area contributed by atoms with Crippen molar-refractivity contribution < 1.29 is 33.2 Å². The van der Waals surface area contributed by atoms with Gasteiger partial charge < -0.3 is 29.4 Å². The predicted molar refractivity (Wildman–Crippen MR) is 163 cm³/mol. The van der Waals surface area contributed by atoms with Gasteiger partial charge in [-0.15, -0.1) is 0 Å². The number of aromatic nitrogens is 1. The lowest BCUT2D eigenvalue weighted by Crippen LogP contribution is -2.42. The number of nitrogens with one attached hydrogen (secondary N) is 1. The molecule has 1 aliphatic heterocycles. The number of morpholine rings is 1. The smallest absolute Gasteiger partial charge is 0.256 e. The minimum atomic E-state index is -0.690. The Morgan fingerprint density at radius 1 is 1.07 bits per heavy atom. The van der Waals surface area contributed by atoms with E-state index in [0.29, 0.717) is 69.9 Å². The minimum Gasteiger partial charge on any atom is -0.493 e. The Bertz CT molecular complexity index is 1740. The zero-order valence-electron chi connectivity index (χ0n) is 23.4. The normalized spacial score (nSPS) is 14.5. The van der Waals surface area contributed by atoms with Gasteiger partial charge in [0.25, 0.3) is 5.91 Å². The van der Waals surface area contributed by atoms with Gasteiger partial charge in [0.1, 0.15) is 18.5 Å². The molecule has 0 bridgehead atoms. The van der Waals surface area contributed by atoms with Crippen LogP contribution in [0.4, 0.5) is 10.1 Å². The number of benzene rings is 3. The van der Waals surface area contributed by atoms with Crippen molar-refractivity contribution in [1.29, 1.82) is 0 Å². The highest BCUT2D eigenvalue weighted by molar-refractivity contribution is 7.08. The van der Waals surface area contributed by atoms with Crippen molar-refractivity contribution in [3.8, 4) is 23.0 Å². The van der Waals surface area contributed by atoms with Crippen molar-refractivity contribution in [2.45, 2.75) is 6.10 Å². The summed E-state index contributed by atoms with van der Waals surface area (Å²) in [6.45, 7) is 3.42. The number of fused-ring (bicyclic) bond motifs is 2. The number of hydrogen-bond acceptors (Lipinski definition) is 9. The molecule has 2 N–H and O–H groups in total. The van der Waals surface area contributed by atoms with Gasteiger partial charge in [-0.1, -0.05) is 6.07 Å². The van der Waals surface area contributed by atoms with E-state index < -0.39 is 11.9 Å². The zero-order chi connectivity index (χ0) is 29.8. The third kappa shape index (κ3) is 6.55. The molecule has 0 unspecified atom stereocenters. The number of aliphatic hydroxyl groups is 1. The van der Waals surface area contributed by atoms with E-state index in [-0.39, 0.29) is 18.3 Å². The van der Waals surface area contributed by atoms with Gasteiger partial charge in [0.15, 0.2) is 23.1 Å². The highest BCUT2D eigenvalue weighted by Crippen LogP contribution is 2.38. The van der Waals surface area contributed by atoms with Crippen LogP contribution in [-0.2, 0) is 4.74 Å². The third-order valence-electron chi connectivity index (χ3n) is 7.17. The molecule has 1 atom stereocenters. The van der Waals surface area contributed by atoms with Gasteiger partial charge in [-0.05, 0) is 53.2 Å². The molecule has 222 valence electrons. The fraction of sp³-hybridized carbons (Fsp3) is 0.250. The van der Waals surface area contributed by atoms with Crippen molar-refractivity contribution >= 4 is 44.6 Å². The van der Waals surface area contributed by atoms with E-state index in [1.54, 1.807) is 66.2 Å². The van der Waals surface area contributed by atoms with E-state index >= 15 is 4.39 Å². The van der Waals surface area contributed by atoms with Crippen LogP contribution in [0.5, 0.6) is 23.0 Å². The first-order chi connectivity index (χ1) is 21.0. The molecule has 0 radical (unpaired) electrons. The molecule has 1 fully saturated rings. The van der Waals surface area contributed by atoms with Crippen LogP contribution in [0, 0.1) is 5.82 Å². The number of methoxy groups -OCH3 is 1. The Balaban J connectivity index is 1.19. The molecule has 43 heavy (non-hydrogen) atoms. The molecule has 0 aliphatic carbocycles. The topological polar surface area (TPSA) is 102 Å². The summed E-state index contributed by atoms with van der Waals surface area (Å²) in [5.41, 5.74) is 1.69. The van der Waals surface area contributed by atoms with Gasteiger partial charge in [-0.25, -0.2) is 4.39 Å². The first-order valence-corrected chi connectivity index (χ1v) is 14.7. The third-order valence-corrected chi connectivity index (χ3v) is 7.85. The van der Waals surface area contributed by atoms with Gasteiger partial charge >= 0.3 is 0 Å². The number of pyridine rings is 1. The standard InChI is InChI=1S/C32H30FN3O6S/c1-39-29-15-25-26(16-30(29)41-18-23(37)17-36-9-11-40-12-10-36)34-8-6-27(25)42-28-5-2-20-14-22(3-4-24(20)31(28)33)35-32(38)21-7-13-43-19-21/h2-8,13-16,19,23,37H,9-12,17-18H2,1H3,(H,35,38)/t23-/m1/s1. The zero-order valence-corrected chi connectivity index (χ0v) is 24.2. The van der Waals surface area contributed by atoms with Crippen molar-refractivity contribution in [2.24, 2.45) is 0 Å². The first kappa shape index (κ1) is 28.8. The minimum absolute atomic E-state index is 0.0422. The maximum atomic E-state index is 15.6. The number of nitrogens with zero attached hydrogens (tertiary/aromatic N) is 2. The fourth-order valence-corrected chi connectivity index (χ4v) is 5.59. The summed E-state index contributed by atoms with van der Waals surface area (Å²) in [7, 11) is 1.52. The molecule has 0 saturated carbocycles. The molecule has 6 rings (SSSR count). The predicted octanol–water partition coefficient (Wildman–Crippen LogP) is 5.71. The van der Waals surface area contributed by atoms with E-state index in [2.05, 4.69) is 15.2 Å². The van der Waals surface area contributed by atoms with E-state index in [0.717, 1.165) is 13.1 Å². The second-order valence-corrected chi connectivity index (χ2v) is 10.9. The summed E-state index contributed by atoms with van der Waals surface area (Å²) in [5.74, 6) is 0.540. The number of ether oxygens (including phenoxy) is 4. The van der Waals surface area contributed by atoms with Gasteiger partial charge in [0, 0.05) is 53.7 Å². The fourth-order valence-electron chi connectivity index (χ4n) is 4.95. The van der Waals surface area contributed by atoms with Crippen LogP contribution in [0.15, 0.2) is 71.6 Å². The van der Waals surface area contributed by atoms with E-state index in [9.17, 15) is 9.90 Å². The van der Waals surface area contributed by atoms with E-state index in [1.807, 2.05) is 5.38 Å². The van der Waals surface area contributed by atoms with Crippen LogP contribution in [-0.4, -0.2) is 73.6 Å². The Morgan fingerprint density at radius 2 is 1.93 bits per heavy atom. The van der Waals surface area contributed by atoms with Crippen molar-refractivity contribution in [3.63, 3.8) is 0 Å². The number of carbonyl (C=O) groups excluding carboxylic acids is 1. The number of rotatable bonds is 10. The van der Waals surface area contributed by atoms with Crippen LogP contribution in [0.25, 0.3) is 21.7 Å². The highest BCUT2D eigenvalue weighted by Gasteiger charge is 2.18. The summed E-state index contributed by atoms with van der Waals surface area (Å²) in [6.07, 6.45) is 0.882. The number of halogens is 1. The summed E-state index contributed by atoms with van der Waals surface area (Å²) in [4.78, 5) is 19.0. The number of amides is 1. The molecular weight excluding hydrogens is 573 g/mol.